The van der Waals surface area contributed by atoms with E-state index in [-0.39, 0.29) is 10.8 Å². The lowest BCUT2D eigenvalue weighted by Crippen LogP contribution is -2.34. The minimum absolute atomic E-state index is 0.0402. The van der Waals surface area contributed by atoms with Crippen molar-refractivity contribution in [2.75, 3.05) is 17.6 Å². The number of hydrogen-bond donors (Lipinski definition) is 3. The number of nitrogens with two attached hydrogens (primary N) is 1. The first-order chi connectivity index (χ1) is 13.0. The van der Waals surface area contributed by atoms with Crippen molar-refractivity contribution >= 4 is 33.3 Å². The highest BCUT2D eigenvalue weighted by atomic mass is 32.2. The number of benzene rings is 2. The SMILES string of the molecule is CC(C)(C)OC(=O)CNS(=O)(=O)c1ccc(NC(=O)c2ccc(N)cc2)cc1. The van der Waals surface area contributed by atoms with E-state index in [0.29, 0.717) is 16.9 Å². The Hall–Kier alpha value is -2.91. The van der Waals surface area contributed by atoms with E-state index in [1.807, 2.05) is 0 Å². The minimum atomic E-state index is -3.89. The van der Waals surface area contributed by atoms with Gasteiger partial charge in [0.15, 0.2) is 0 Å². The molecule has 0 spiro atoms. The molecule has 150 valence electrons. The van der Waals surface area contributed by atoms with E-state index >= 15 is 0 Å². The summed E-state index contributed by atoms with van der Waals surface area (Å²) in [5.41, 5.74) is 6.28. The molecule has 1 amide bonds. The molecule has 0 aromatic heterocycles. The largest absolute Gasteiger partial charge is 0.459 e. The Balaban J connectivity index is 1.99. The van der Waals surface area contributed by atoms with Crippen molar-refractivity contribution in [3.05, 3.63) is 54.1 Å². The average Bonchev–Trinajstić information content (AvgIpc) is 2.60. The van der Waals surface area contributed by atoms with Crippen molar-refractivity contribution in [3.8, 4) is 0 Å². The second-order valence-corrected chi connectivity index (χ2v) is 8.78. The van der Waals surface area contributed by atoms with Crippen molar-refractivity contribution in [2.45, 2.75) is 31.3 Å². The molecule has 0 radical (unpaired) electrons. The Morgan fingerprint density at radius 3 is 2.11 bits per heavy atom. The van der Waals surface area contributed by atoms with E-state index in [4.69, 9.17) is 10.5 Å². The molecule has 2 rings (SSSR count). The highest BCUT2D eigenvalue weighted by Gasteiger charge is 2.20. The van der Waals surface area contributed by atoms with Crippen LogP contribution in [-0.4, -0.2) is 32.4 Å². The van der Waals surface area contributed by atoms with Gasteiger partial charge in [0, 0.05) is 16.9 Å². The minimum Gasteiger partial charge on any atom is -0.459 e. The lowest BCUT2D eigenvalue weighted by atomic mass is 10.2. The quantitative estimate of drug-likeness (QED) is 0.499. The van der Waals surface area contributed by atoms with Crippen LogP contribution in [0.1, 0.15) is 31.1 Å². The zero-order valence-electron chi connectivity index (χ0n) is 15.9. The number of esters is 1. The lowest BCUT2D eigenvalue weighted by Gasteiger charge is -2.19. The van der Waals surface area contributed by atoms with Crippen LogP contribution in [0.3, 0.4) is 0 Å². The topological polar surface area (TPSA) is 128 Å². The molecule has 0 aliphatic carbocycles. The molecule has 0 atom stereocenters. The molecule has 0 fully saturated rings. The van der Waals surface area contributed by atoms with Gasteiger partial charge in [0.05, 0.1) is 4.90 Å². The number of rotatable bonds is 6. The summed E-state index contributed by atoms with van der Waals surface area (Å²) in [4.78, 5) is 23.8. The number of hydrogen-bond acceptors (Lipinski definition) is 6. The van der Waals surface area contributed by atoms with Gasteiger partial charge in [-0.15, -0.1) is 0 Å². The molecular weight excluding hydrogens is 382 g/mol. The Morgan fingerprint density at radius 1 is 1.00 bits per heavy atom. The fourth-order valence-electron chi connectivity index (χ4n) is 2.17. The van der Waals surface area contributed by atoms with Crippen LogP contribution in [-0.2, 0) is 19.6 Å². The van der Waals surface area contributed by atoms with Gasteiger partial charge in [0.2, 0.25) is 10.0 Å². The van der Waals surface area contributed by atoms with Crippen LogP contribution >= 0.6 is 0 Å². The predicted octanol–water partition coefficient (Wildman–Crippen LogP) is 2.14. The predicted molar refractivity (Wildman–Crippen MR) is 106 cm³/mol. The smallest absolute Gasteiger partial charge is 0.321 e. The van der Waals surface area contributed by atoms with Crippen molar-refractivity contribution < 1.29 is 22.7 Å². The van der Waals surface area contributed by atoms with Crippen LogP contribution in [0, 0.1) is 0 Å². The normalized spacial score (nSPS) is 11.7. The van der Waals surface area contributed by atoms with Gasteiger partial charge in [0.1, 0.15) is 12.1 Å². The van der Waals surface area contributed by atoms with Gasteiger partial charge in [-0.1, -0.05) is 0 Å². The molecule has 28 heavy (non-hydrogen) atoms. The molecule has 8 nitrogen and oxygen atoms in total. The highest BCUT2D eigenvalue weighted by molar-refractivity contribution is 7.89. The van der Waals surface area contributed by atoms with Gasteiger partial charge < -0.3 is 15.8 Å². The Morgan fingerprint density at radius 2 is 1.57 bits per heavy atom. The summed E-state index contributed by atoms with van der Waals surface area (Å²) >= 11 is 0. The second-order valence-electron chi connectivity index (χ2n) is 7.01. The number of ether oxygens (including phenoxy) is 1. The van der Waals surface area contributed by atoms with E-state index in [2.05, 4.69) is 10.0 Å². The van der Waals surface area contributed by atoms with E-state index in [9.17, 15) is 18.0 Å². The fraction of sp³-hybridized carbons (Fsp3) is 0.263. The summed E-state index contributed by atoms with van der Waals surface area (Å²) in [6.45, 7) is 4.60. The van der Waals surface area contributed by atoms with Crippen LogP contribution in [0.2, 0.25) is 0 Å². The lowest BCUT2D eigenvalue weighted by molar-refractivity contribution is -0.153. The standard InChI is InChI=1S/C19H23N3O5S/c1-19(2,3)27-17(23)12-21-28(25,26)16-10-8-15(9-11-16)22-18(24)13-4-6-14(20)7-5-13/h4-11,21H,12,20H2,1-3H3,(H,22,24). The molecule has 0 unspecified atom stereocenters. The molecule has 2 aromatic rings. The maximum Gasteiger partial charge on any atom is 0.321 e. The average molecular weight is 405 g/mol. The monoisotopic (exact) mass is 405 g/mol. The van der Waals surface area contributed by atoms with E-state index in [1.54, 1.807) is 45.0 Å². The van der Waals surface area contributed by atoms with Gasteiger partial charge in [-0.2, -0.15) is 4.72 Å². The Kier molecular flexibility index (Phi) is 6.42. The fourth-order valence-corrected chi connectivity index (χ4v) is 3.14. The maximum absolute atomic E-state index is 12.3. The van der Waals surface area contributed by atoms with Gasteiger partial charge in [0.25, 0.3) is 5.91 Å². The molecule has 0 heterocycles. The number of carbonyl (C=O) groups is 2. The summed E-state index contributed by atoms with van der Waals surface area (Å²) in [5, 5.41) is 2.66. The van der Waals surface area contributed by atoms with Crippen LogP contribution in [0.15, 0.2) is 53.4 Å². The van der Waals surface area contributed by atoms with E-state index < -0.39 is 28.1 Å². The van der Waals surface area contributed by atoms with Crippen LogP contribution in [0.4, 0.5) is 11.4 Å². The molecule has 2 aromatic carbocycles. The summed E-state index contributed by atoms with van der Waals surface area (Å²) in [7, 11) is -3.89. The van der Waals surface area contributed by atoms with Crippen molar-refractivity contribution in [3.63, 3.8) is 0 Å². The van der Waals surface area contributed by atoms with Gasteiger partial charge in [-0.3, -0.25) is 9.59 Å². The number of carbonyl (C=O) groups excluding carboxylic acids is 2. The zero-order chi connectivity index (χ0) is 20.9. The van der Waals surface area contributed by atoms with E-state index in [1.165, 1.54) is 24.3 Å². The van der Waals surface area contributed by atoms with Gasteiger partial charge in [-0.25, -0.2) is 8.42 Å². The first kappa shape index (κ1) is 21.4. The Labute approximate surface area is 164 Å². The zero-order valence-corrected chi connectivity index (χ0v) is 16.7. The van der Waals surface area contributed by atoms with Crippen LogP contribution in [0.25, 0.3) is 0 Å². The van der Waals surface area contributed by atoms with E-state index in [0.717, 1.165) is 0 Å². The third kappa shape index (κ3) is 6.36. The first-order valence-corrected chi connectivity index (χ1v) is 9.93. The summed E-state index contributed by atoms with van der Waals surface area (Å²) in [6.07, 6.45) is 0. The number of amides is 1. The van der Waals surface area contributed by atoms with Gasteiger partial charge >= 0.3 is 5.97 Å². The number of nitrogens with one attached hydrogen (secondary N) is 2. The first-order valence-electron chi connectivity index (χ1n) is 8.45. The number of anilines is 2. The summed E-state index contributed by atoms with van der Waals surface area (Å²) in [5.74, 6) is -1.03. The van der Waals surface area contributed by atoms with Gasteiger partial charge in [-0.05, 0) is 69.3 Å². The maximum atomic E-state index is 12.3. The molecule has 0 aliphatic heterocycles. The number of sulfonamides is 1. The van der Waals surface area contributed by atoms with Crippen molar-refractivity contribution in [2.24, 2.45) is 0 Å². The molecule has 4 N–H and O–H groups in total. The molecule has 0 saturated carbocycles. The summed E-state index contributed by atoms with van der Waals surface area (Å²) in [6, 6.07) is 12.0. The number of nitrogen functional groups attached to an aromatic ring is 1. The van der Waals surface area contributed by atoms with Crippen LogP contribution in [0.5, 0.6) is 0 Å². The highest BCUT2D eigenvalue weighted by Crippen LogP contribution is 2.16. The summed E-state index contributed by atoms with van der Waals surface area (Å²) < 4.78 is 31.8. The molecule has 0 aliphatic rings. The van der Waals surface area contributed by atoms with Crippen molar-refractivity contribution in [1.29, 1.82) is 0 Å². The third-order valence-electron chi connectivity index (χ3n) is 3.42. The molecule has 0 saturated heterocycles. The van der Waals surface area contributed by atoms with Crippen LogP contribution < -0.4 is 15.8 Å². The molecular formula is C19H23N3O5S. The second kappa shape index (κ2) is 8.41. The molecule has 0 bridgehead atoms. The molecule has 9 heteroatoms. The third-order valence-corrected chi connectivity index (χ3v) is 4.84. The van der Waals surface area contributed by atoms with Crippen molar-refractivity contribution in [1.82, 2.24) is 4.72 Å². The Bertz CT molecular complexity index is 947.